The molecule has 3 atom stereocenters. The Labute approximate surface area is 333 Å². The fourth-order valence-electron chi connectivity index (χ4n) is 6.52. The molecule has 54 heavy (non-hydrogen) atoms. The topological polar surface area (TPSA) is 131 Å². The van der Waals surface area contributed by atoms with Crippen LogP contribution in [0.5, 0.6) is 0 Å². The molecule has 0 rings (SSSR count). The molecule has 0 heterocycles. The molecule has 0 aliphatic heterocycles. The number of hydrogen-bond acceptors (Lipinski definition) is 6. The smallest absolute Gasteiger partial charge is 0.387 e. The first kappa shape index (κ1) is 52.7. The molecule has 5 N–H and O–H groups in total. The molecule has 0 bridgehead atoms. The molecule has 8 nitrogen and oxygen atoms in total. The molecule has 0 fully saturated rings. The van der Waals surface area contributed by atoms with Gasteiger partial charge in [-0.05, 0) is 44.9 Å². The number of nitrogens with two attached hydrogens (primary N) is 1. The van der Waals surface area contributed by atoms with Gasteiger partial charge in [-0.3, -0.25) is 13.8 Å². The molecular formula is C45H87N2O6P. The highest BCUT2D eigenvalue weighted by atomic mass is 31.2. The zero-order valence-corrected chi connectivity index (χ0v) is 36.1. The molecule has 0 aliphatic rings. The Bertz CT molecular complexity index is 943. The Balaban J connectivity index is 4.22. The maximum Gasteiger partial charge on any atom is 0.472 e. The molecule has 0 spiro atoms. The van der Waals surface area contributed by atoms with Crippen molar-refractivity contribution in [1.29, 1.82) is 0 Å². The largest absolute Gasteiger partial charge is 0.472 e. The third kappa shape index (κ3) is 39.0. The van der Waals surface area contributed by atoms with Crippen molar-refractivity contribution in [2.45, 2.75) is 225 Å². The number of phosphoric acid groups is 1. The van der Waals surface area contributed by atoms with Gasteiger partial charge in [-0.15, -0.1) is 0 Å². The third-order valence-electron chi connectivity index (χ3n) is 9.95. The monoisotopic (exact) mass is 783 g/mol. The SMILES string of the molecule is CCCCCCCC/C=C/CC/C=C/CC/C=C/C(O)C(COP(=O)(O)OCCN)NC(=O)CCCCCCCCCCCCCCCCCCCCC. The van der Waals surface area contributed by atoms with Gasteiger partial charge < -0.3 is 21.1 Å². The number of carbonyl (C=O) groups excluding carboxylic acids is 1. The fraction of sp³-hybridized carbons (Fsp3) is 0.844. The van der Waals surface area contributed by atoms with Crippen LogP contribution in [0, 0.1) is 0 Å². The number of nitrogens with one attached hydrogen (secondary N) is 1. The molecule has 0 saturated heterocycles. The average Bonchev–Trinajstić information content (AvgIpc) is 3.16. The lowest BCUT2D eigenvalue weighted by atomic mass is 10.0. The molecular weight excluding hydrogens is 695 g/mol. The van der Waals surface area contributed by atoms with Gasteiger partial charge >= 0.3 is 7.82 Å². The van der Waals surface area contributed by atoms with Crippen LogP contribution in [0.25, 0.3) is 0 Å². The molecule has 0 aliphatic carbocycles. The number of carbonyl (C=O) groups is 1. The summed E-state index contributed by atoms with van der Waals surface area (Å²) in [6, 6.07) is -0.880. The summed E-state index contributed by atoms with van der Waals surface area (Å²) in [5.41, 5.74) is 5.37. The summed E-state index contributed by atoms with van der Waals surface area (Å²) < 4.78 is 22.1. The van der Waals surface area contributed by atoms with Gasteiger partial charge in [0.2, 0.25) is 5.91 Å². The van der Waals surface area contributed by atoms with E-state index in [2.05, 4.69) is 43.5 Å². The highest BCUT2D eigenvalue weighted by Gasteiger charge is 2.26. The predicted molar refractivity (Wildman–Crippen MR) is 231 cm³/mol. The lowest BCUT2D eigenvalue weighted by Gasteiger charge is -2.23. The summed E-state index contributed by atoms with van der Waals surface area (Å²) in [5, 5.41) is 13.7. The lowest BCUT2D eigenvalue weighted by Crippen LogP contribution is -2.45. The number of allylic oxidation sites excluding steroid dienone is 5. The van der Waals surface area contributed by atoms with Gasteiger partial charge in [0.05, 0.1) is 25.4 Å². The third-order valence-corrected chi connectivity index (χ3v) is 10.9. The summed E-state index contributed by atoms with van der Waals surface area (Å²) in [7, 11) is -4.35. The number of hydrogen-bond donors (Lipinski definition) is 4. The van der Waals surface area contributed by atoms with E-state index in [1.807, 2.05) is 6.08 Å². The summed E-state index contributed by atoms with van der Waals surface area (Å²) in [5.74, 6) is -0.206. The van der Waals surface area contributed by atoms with Crippen LogP contribution in [0.15, 0.2) is 36.5 Å². The lowest BCUT2D eigenvalue weighted by molar-refractivity contribution is -0.123. The molecule has 318 valence electrons. The van der Waals surface area contributed by atoms with Crippen LogP contribution in [0.4, 0.5) is 0 Å². The molecule has 0 aromatic carbocycles. The number of aliphatic hydroxyl groups is 1. The first-order chi connectivity index (χ1) is 26.4. The Morgan fingerprint density at radius 2 is 0.981 bits per heavy atom. The van der Waals surface area contributed by atoms with Gasteiger partial charge in [0, 0.05) is 13.0 Å². The van der Waals surface area contributed by atoms with Crippen LogP contribution in [0.3, 0.4) is 0 Å². The second kappa shape index (κ2) is 41.4. The predicted octanol–water partition coefficient (Wildman–Crippen LogP) is 12.7. The van der Waals surface area contributed by atoms with Crippen LogP contribution >= 0.6 is 7.82 Å². The molecule has 1 amide bonds. The second-order valence-electron chi connectivity index (χ2n) is 15.2. The van der Waals surface area contributed by atoms with Crippen LogP contribution in [0.1, 0.15) is 213 Å². The van der Waals surface area contributed by atoms with E-state index in [1.165, 1.54) is 148 Å². The van der Waals surface area contributed by atoms with Gasteiger partial charge in [0.1, 0.15) is 0 Å². The molecule has 0 aromatic rings. The maximum atomic E-state index is 12.8. The van der Waals surface area contributed by atoms with Crippen LogP contribution < -0.4 is 11.1 Å². The van der Waals surface area contributed by atoms with Gasteiger partial charge in [-0.25, -0.2) is 4.57 Å². The average molecular weight is 783 g/mol. The van der Waals surface area contributed by atoms with Gasteiger partial charge in [-0.2, -0.15) is 0 Å². The van der Waals surface area contributed by atoms with E-state index in [1.54, 1.807) is 6.08 Å². The number of aliphatic hydroxyl groups excluding tert-OH is 1. The fourth-order valence-corrected chi connectivity index (χ4v) is 7.28. The van der Waals surface area contributed by atoms with Gasteiger partial charge in [-0.1, -0.05) is 198 Å². The van der Waals surface area contributed by atoms with Crippen LogP contribution in [-0.4, -0.2) is 47.8 Å². The van der Waals surface area contributed by atoms with Gasteiger partial charge in [0.15, 0.2) is 0 Å². The Morgan fingerprint density at radius 1 is 0.593 bits per heavy atom. The van der Waals surface area contributed by atoms with Crippen molar-refractivity contribution in [1.82, 2.24) is 5.32 Å². The van der Waals surface area contributed by atoms with E-state index in [-0.39, 0.29) is 25.7 Å². The van der Waals surface area contributed by atoms with Crippen molar-refractivity contribution in [3.05, 3.63) is 36.5 Å². The van der Waals surface area contributed by atoms with E-state index in [4.69, 9.17) is 14.8 Å². The first-order valence-electron chi connectivity index (χ1n) is 22.6. The maximum absolute atomic E-state index is 12.8. The highest BCUT2D eigenvalue weighted by Crippen LogP contribution is 2.43. The number of amides is 1. The van der Waals surface area contributed by atoms with E-state index in [0.717, 1.165) is 44.9 Å². The van der Waals surface area contributed by atoms with E-state index >= 15 is 0 Å². The van der Waals surface area contributed by atoms with Crippen LogP contribution in [-0.2, 0) is 18.4 Å². The van der Waals surface area contributed by atoms with Crippen molar-refractivity contribution in [3.8, 4) is 0 Å². The number of unbranched alkanes of at least 4 members (excludes halogenated alkanes) is 26. The normalized spacial score (nSPS) is 14.4. The Hall–Kier alpha value is -1.28. The summed E-state index contributed by atoms with van der Waals surface area (Å²) in [4.78, 5) is 22.7. The minimum absolute atomic E-state index is 0.0727. The highest BCUT2D eigenvalue weighted by molar-refractivity contribution is 7.47. The first-order valence-corrected chi connectivity index (χ1v) is 24.1. The standard InChI is InChI=1S/C45H87N2O6P/c1-3-5-7-9-11-13-15-17-19-21-22-23-25-27-29-31-33-35-37-39-45(49)47-43(42-53-54(50,51)52-41-40-46)44(48)38-36-34-32-30-28-26-24-20-18-16-14-12-10-8-6-4-2/h18,20,28,30,36,38,43-44,48H,3-17,19,21-27,29,31-35,37,39-42,46H2,1-2H3,(H,47,49)(H,50,51)/b20-18+,30-28+,38-36+. The molecule has 0 radical (unpaired) electrons. The van der Waals surface area contributed by atoms with Crippen molar-refractivity contribution in [2.24, 2.45) is 5.73 Å². The minimum Gasteiger partial charge on any atom is -0.387 e. The van der Waals surface area contributed by atoms with Crippen molar-refractivity contribution in [2.75, 3.05) is 19.8 Å². The van der Waals surface area contributed by atoms with Crippen molar-refractivity contribution in [3.63, 3.8) is 0 Å². The Morgan fingerprint density at radius 3 is 1.43 bits per heavy atom. The quantitative estimate of drug-likeness (QED) is 0.0275. The van der Waals surface area contributed by atoms with Crippen molar-refractivity contribution < 1.29 is 28.4 Å². The minimum atomic E-state index is -4.35. The van der Waals surface area contributed by atoms with Crippen molar-refractivity contribution >= 4 is 13.7 Å². The number of phosphoric ester groups is 1. The summed E-state index contributed by atoms with van der Waals surface area (Å²) in [6.45, 7) is 4.11. The van der Waals surface area contributed by atoms with E-state index in [9.17, 15) is 19.4 Å². The van der Waals surface area contributed by atoms with E-state index < -0.39 is 20.0 Å². The number of rotatable bonds is 42. The van der Waals surface area contributed by atoms with Gasteiger partial charge in [0.25, 0.3) is 0 Å². The molecule has 3 unspecified atom stereocenters. The molecule has 0 aromatic heterocycles. The molecule has 9 heteroatoms. The van der Waals surface area contributed by atoms with Crippen LogP contribution in [0.2, 0.25) is 0 Å². The molecule has 0 saturated carbocycles. The summed E-state index contributed by atoms with van der Waals surface area (Å²) >= 11 is 0. The second-order valence-corrected chi connectivity index (χ2v) is 16.7. The Kier molecular flexibility index (Phi) is 40.4. The zero-order valence-electron chi connectivity index (χ0n) is 35.2. The van der Waals surface area contributed by atoms with E-state index in [0.29, 0.717) is 6.42 Å². The zero-order chi connectivity index (χ0) is 39.6. The summed E-state index contributed by atoms with van der Waals surface area (Å²) in [6.07, 6.45) is 49.1.